The van der Waals surface area contributed by atoms with Gasteiger partial charge in [0.1, 0.15) is 13.2 Å². The highest BCUT2D eigenvalue weighted by Gasteiger charge is 2.33. The lowest BCUT2D eigenvalue weighted by atomic mass is 10.0. The number of ether oxygens (including phenoxy) is 2. The van der Waals surface area contributed by atoms with Gasteiger partial charge in [-0.05, 0) is 42.0 Å². The van der Waals surface area contributed by atoms with Gasteiger partial charge in [-0.25, -0.2) is 8.42 Å². The Morgan fingerprint density at radius 3 is 2.35 bits per heavy atom. The Kier molecular flexibility index (Phi) is 6.23. The molecule has 2 aromatic rings. The van der Waals surface area contributed by atoms with Crippen LogP contribution < -0.4 is 9.47 Å². The van der Waals surface area contributed by atoms with Crippen molar-refractivity contribution < 1.29 is 22.7 Å². The maximum atomic E-state index is 12.9. The fourth-order valence-electron chi connectivity index (χ4n) is 3.71. The zero-order valence-electron chi connectivity index (χ0n) is 18.0. The highest BCUT2D eigenvalue weighted by Crippen LogP contribution is 2.33. The van der Waals surface area contributed by atoms with Crippen molar-refractivity contribution in [3.63, 3.8) is 0 Å². The maximum Gasteiger partial charge on any atom is 0.224 e. The van der Waals surface area contributed by atoms with Crippen molar-refractivity contribution in [3.8, 4) is 11.5 Å². The summed E-state index contributed by atoms with van der Waals surface area (Å²) in [6.45, 7) is 5.66. The molecule has 7 heteroatoms. The Morgan fingerprint density at radius 1 is 1.03 bits per heavy atom. The van der Waals surface area contributed by atoms with Gasteiger partial charge in [-0.15, -0.1) is 0 Å². The Balaban J connectivity index is 1.41. The van der Waals surface area contributed by atoms with E-state index in [0.717, 1.165) is 18.4 Å². The van der Waals surface area contributed by atoms with Gasteiger partial charge < -0.3 is 14.4 Å². The highest BCUT2D eigenvalue weighted by atomic mass is 32.2. The highest BCUT2D eigenvalue weighted by molar-refractivity contribution is 7.91. The van der Waals surface area contributed by atoms with Crippen LogP contribution in [0.4, 0.5) is 0 Å². The molecule has 1 fully saturated rings. The zero-order chi connectivity index (χ0) is 22.0. The van der Waals surface area contributed by atoms with E-state index in [4.69, 9.17) is 9.47 Å². The van der Waals surface area contributed by atoms with E-state index in [1.165, 1.54) is 17.7 Å². The van der Waals surface area contributed by atoms with Crippen molar-refractivity contribution in [2.75, 3.05) is 19.0 Å². The van der Waals surface area contributed by atoms with E-state index in [0.29, 0.717) is 37.2 Å². The molecule has 4 rings (SSSR count). The predicted molar refractivity (Wildman–Crippen MR) is 118 cm³/mol. The predicted octanol–water partition coefficient (Wildman–Crippen LogP) is 3.94. The Hall–Kier alpha value is -2.54. The third kappa shape index (κ3) is 5.21. The average Bonchev–Trinajstić information content (AvgIpc) is 3.61. The molecule has 0 atom stereocenters. The van der Waals surface area contributed by atoms with Crippen LogP contribution in [0.3, 0.4) is 0 Å². The quantitative estimate of drug-likeness (QED) is 0.618. The minimum Gasteiger partial charge on any atom is -0.486 e. The van der Waals surface area contributed by atoms with E-state index in [1.54, 1.807) is 6.07 Å². The lowest BCUT2D eigenvalue weighted by Gasteiger charge is -2.23. The van der Waals surface area contributed by atoms with Gasteiger partial charge in [0.2, 0.25) is 5.91 Å². The number of hydrogen-bond acceptors (Lipinski definition) is 5. The maximum absolute atomic E-state index is 12.9. The molecular formula is C24H29NO5S. The molecule has 2 aromatic carbocycles. The van der Waals surface area contributed by atoms with Gasteiger partial charge in [-0.3, -0.25) is 4.79 Å². The number of sulfone groups is 1. The number of carbonyl (C=O) groups excluding carboxylic acids is 1. The van der Waals surface area contributed by atoms with E-state index >= 15 is 0 Å². The van der Waals surface area contributed by atoms with Crippen LogP contribution in [-0.2, 0) is 21.2 Å². The summed E-state index contributed by atoms with van der Waals surface area (Å²) in [6, 6.07) is 13.2. The van der Waals surface area contributed by atoms with Crippen molar-refractivity contribution in [2.24, 2.45) is 0 Å². The standard InChI is InChI=1S/C24H29NO5S/c1-17(2)19-5-3-18(4-6-19)16-25(20-7-8-20)24(26)11-14-31(27,28)21-9-10-22-23(15-21)30-13-12-29-22/h3-6,9-10,15,17,20H,7-8,11-14,16H2,1-2H3. The van der Waals surface area contributed by atoms with Gasteiger partial charge in [0, 0.05) is 25.1 Å². The van der Waals surface area contributed by atoms with Crippen molar-refractivity contribution in [1.82, 2.24) is 4.90 Å². The lowest BCUT2D eigenvalue weighted by molar-refractivity contribution is -0.132. The minimum atomic E-state index is -3.60. The first-order valence-electron chi connectivity index (χ1n) is 10.8. The molecule has 0 unspecified atom stereocenters. The molecule has 0 saturated heterocycles. The van der Waals surface area contributed by atoms with Gasteiger partial charge >= 0.3 is 0 Å². The Morgan fingerprint density at radius 2 is 1.71 bits per heavy atom. The number of nitrogens with zero attached hydrogens (tertiary/aromatic N) is 1. The SMILES string of the molecule is CC(C)c1ccc(CN(C(=O)CCS(=O)(=O)c2ccc3c(c2)OCCO3)C2CC2)cc1. The van der Waals surface area contributed by atoms with E-state index in [1.807, 2.05) is 4.90 Å². The number of amides is 1. The van der Waals surface area contributed by atoms with Crippen molar-refractivity contribution in [2.45, 2.75) is 56.5 Å². The van der Waals surface area contributed by atoms with Crippen LogP contribution in [0.5, 0.6) is 11.5 Å². The number of fused-ring (bicyclic) bond motifs is 1. The van der Waals surface area contributed by atoms with Crippen LogP contribution >= 0.6 is 0 Å². The second-order valence-corrected chi connectivity index (χ2v) is 10.6. The fraction of sp³-hybridized carbons (Fsp3) is 0.458. The van der Waals surface area contributed by atoms with Crippen LogP contribution in [0.2, 0.25) is 0 Å². The molecule has 1 aliphatic carbocycles. The summed E-state index contributed by atoms with van der Waals surface area (Å²) in [4.78, 5) is 14.9. The number of benzene rings is 2. The van der Waals surface area contributed by atoms with E-state index in [2.05, 4.69) is 38.1 Å². The molecule has 0 N–H and O–H groups in total. The van der Waals surface area contributed by atoms with Gasteiger partial charge in [0.25, 0.3) is 0 Å². The summed E-state index contributed by atoms with van der Waals surface area (Å²) in [6.07, 6.45) is 1.92. The normalized spacial score (nSPS) is 15.7. The number of rotatable bonds is 8. The number of carbonyl (C=O) groups is 1. The second kappa shape index (κ2) is 8.91. The Labute approximate surface area is 184 Å². The summed E-state index contributed by atoms with van der Waals surface area (Å²) < 4.78 is 36.6. The molecule has 1 aliphatic heterocycles. The first-order valence-corrected chi connectivity index (χ1v) is 12.5. The topological polar surface area (TPSA) is 72.9 Å². The van der Waals surface area contributed by atoms with Gasteiger partial charge in [0.05, 0.1) is 10.6 Å². The zero-order valence-corrected chi connectivity index (χ0v) is 18.9. The monoisotopic (exact) mass is 443 g/mol. The summed E-state index contributed by atoms with van der Waals surface area (Å²) in [5, 5.41) is 0. The van der Waals surface area contributed by atoms with Crippen LogP contribution in [0.15, 0.2) is 47.4 Å². The van der Waals surface area contributed by atoms with Gasteiger partial charge in [0.15, 0.2) is 21.3 Å². The van der Waals surface area contributed by atoms with Crippen LogP contribution in [0.25, 0.3) is 0 Å². The molecule has 2 aliphatic rings. The summed E-state index contributed by atoms with van der Waals surface area (Å²) in [5.41, 5.74) is 2.33. The van der Waals surface area contributed by atoms with Crippen LogP contribution in [0.1, 0.15) is 50.2 Å². The van der Waals surface area contributed by atoms with E-state index < -0.39 is 9.84 Å². The van der Waals surface area contributed by atoms with Crippen molar-refractivity contribution >= 4 is 15.7 Å². The molecule has 31 heavy (non-hydrogen) atoms. The first-order chi connectivity index (χ1) is 14.8. The smallest absolute Gasteiger partial charge is 0.224 e. The van der Waals surface area contributed by atoms with Crippen molar-refractivity contribution in [3.05, 3.63) is 53.6 Å². The molecule has 0 bridgehead atoms. The second-order valence-electron chi connectivity index (χ2n) is 8.52. The molecule has 0 radical (unpaired) electrons. The molecule has 1 amide bonds. The fourth-order valence-corrected chi connectivity index (χ4v) is 4.95. The van der Waals surface area contributed by atoms with E-state index in [-0.39, 0.29) is 29.0 Å². The third-order valence-corrected chi connectivity index (χ3v) is 7.48. The Bertz CT molecular complexity index is 1040. The molecule has 0 spiro atoms. The molecule has 166 valence electrons. The average molecular weight is 444 g/mol. The molecule has 1 saturated carbocycles. The van der Waals surface area contributed by atoms with Gasteiger partial charge in [-0.1, -0.05) is 38.1 Å². The van der Waals surface area contributed by atoms with E-state index in [9.17, 15) is 13.2 Å². The van der Waals surface area contributed by atoms with Gasteiger partial charge in [-0.2, -0.15) is 0 Å². The largest absolute Gasteiger partial charge is 0.486 e. The molecule has 6 nitrogen and oxygen atoms in total. The summed E-state index contributed by atoms with van der Waals surface area (Å²) in [7, 11) is -3.60. The molecule has 1 heterocycles. The first kappa shape index (κ1) is 21.7. The number of hydrogen-bond donors (Lipinski definition) is 0. The molecule has 0 aromatic heterocycles. The third-order valence-electron chi connectivity index (χ3n) is 5.76. The van der Waals surface area contributed by atoms with Crippen LogP contribution in [-0.4, -0.2) is 44.2 Å². The lowest BCUT2D eigenvalue weighted by Crippen LogP contribution is -2.33. The summed E-state index contributed by atoms with van der Waals surface area (Å²) in [5.74, 6) is 1.10. The summed E-state index contributed by atoms with van der Waals surface area (Å²) >= 11 is 0. The van der Waals surface area contributed by atoms with Crippen LogP contribution in [0, 0.1) is 0 Å². The molecular weight excluding hydrogens is 414 g/mol. The van der Waals surface area contributed by atoms with Crippen molar-refractivity contribution in [1.29, 1.82) is 0 Å². The minimum absolute atomic E-state index is 0.0304.